The maximum atomic E-state index is 13.1. The van der Waals surface area contributed by atoms with Crippen molar-refractivity contribution >= 4 is 21.9 Å². The van der Waals surface area contributed by atoms with Crippen LogP contribution in [0.3, 0.4) is 0 Å². The van der Waals surface area contributed by atoms with Crippen LogP contribution in [0.15, 0.2) is 53.4 Å². The van der Waals surface area contributed by atoms with E-state index in [1.54, 1.807) is 0 Å². The predicted molar refractivity (Wildman–Crippen MR) is 112 cm³/mol. The van der Waals surface area contributed by atoms with Gasteiger partial charge in [-0.1, -0.05) is 37.3 Å². The Bertz CT molecular complexity index is 1040. The van der Waals surface area contributed by atoms with Crippen LogP contribution in [0.25, 0.3) is 0 Å². The first-order chi connectivity index (χ1) is 14.3. The summed E-state index contributed by atoms with van der Waals surface area (Å²) in [5, 5.41) is 2.66. The molecule has 0 aromatic heterocycles. The zero-order chi connectivity index (χ0) is 21.7. The molecule has 2 aromatic rings. The van der Waals surface area contributed by atoms with Crippen molar-refractivity contribution in [3.05, 3.63) is 65.2 Å². The van der Waals surface area contributed by atoms with E-state index < -0.39 is 22.1 Å². The van der Waals surface area contributed by atoms with Crippen molar-refractivity contribution in [2.24, 2.45) is 0 Å². The van der Waals surface area contributed by atoms with Crippen LogP contribution in [0.4, 0.5) is 0 Å². The van der Waals surface area contributed by atoms with Crippen molar-refractivity contribution in [3.63, 3.8) is 0 Å². The van der Waals surface area contributed by atoms with E-state index in [0.29, 0.717) is 26.1 Å². The summed E-state index contributed by atoms with van der Waals surface area (Å²) in [6.07, 6.45) is 0.442. The molecule has 1 aliphatic rings. The third-order valence-corrected chi connectivity index (χ3v) is 6.85. The first kappa shape index (κ1) is 22.0. The number of carbonyl (C=O) groups is 2. The normalized spacial score (nSPS) is 15.1. The molecule has 2 aromatic carbocycles. The van der Waals surface area contributed by atoms with Gasteiger partial charge in [0.2, 0.25) is 10.0 Å². The molecule has 30 heavy (non-hydrogen) atoms. The molecule has 1 heterocycles. The molecule has 1 aliphatic heterocycles. The monoisotopic (exact) mass is 430 g/mol. The van der Waals surface area contributed by atoms with Crippen LogP contribution in [-0.4, -0.2) is 43.8 Å². The van der Waals surface area contributed by atoms with Gasteiger partial charge in [-0.25, -0.2) is 13.2 Å². The summed E-state index contributed by atoms with van der Waals surface area (Å²) < 4.78 is 32.9. The minimum absolute atomic E-state index is 0.0272. The fraction of sp³-hybridized carbons (Fsp3) is 0.364. The van der Waals surface area contributed by atoms with Gasteiger partial charge in [0.1, 0.15) is 0 Å². The van der Waals surface area contributed by atoms with Crippen LogP contribution in [0.1, 0.15) is 41.8 Å². The SMILES string of the molecule is CCCNC(=O)[C@@H](C)OC(=O)c1cccc(S(=O)(=O)N2CCc3ccccc3C2)c1. The molecule has 3 rings (SSSR count). The second-order valence-electron chi connectivity index (χ2n) is 7.22. The molecule has 1 N–H and O–H groups in total. The first-order valence-corrected chi connectivity index (χ1v) is 11.4. The lowest BCUT2D eigenvalue weighted by Gasteiger charge is -2.28. The van der Waals surface area contributed by atoms with Crippen molar-refractivity contribution in [3.8, 4) is 0 Å². The summed E-state index contributed by atoms with van der Waals surface area (Å²) in [6.45, 7) is 4.57. The van der Waals surface area contributed by atoms with E-state index in [1.165, 1.54) is 35.5 Å². The van der Waals surface area contributed by atoms with Crippen LogP contribution >= 0.6 is 0 Å². The molecule has 0 unspecified atom stereocenters. The standard InChI is InChI=1S/C22H26N2O5S/c1-3-12-23-21(25)16(2)29-22(26)18-9-6-10-20(14-18)30(27,28)24-13-11-17-7-4-5-8-19(17)15-24/h4-10,14,16H,3,11-13,15H2,1-2H3,(H,23,25)/t16-/m1/s1. The Morgan fingerprint density at radius 2 is 1.87 bits per heavy atom. The number of ether oxygens (including phenoxy) is 1. The first-order valence-electron chi connectivity index (χ1n) is 9.98. The van der Waals surface area contributed by atoms with Crippen molar-refractivity contribution in [1.29, 1.82) is 0 Å². The minimum atomic E-state index is -3.77. The van der Waals surface area contributed by atoms with E-state index >= 15 is 0 Å². The maximum Gasteiger partial charge on any atom is 0.338 e. The van der Waals surface area contributed by atoms with Gasteiger partial charge in [-0.3, -0.25) is 4.79 Å². The third kappa shape index (κ3) is 4.88. The zero-order valence-electron chi connectivity index (χ0n) is 17.1. The molecule has 0 saturated carbocycles. The maximum absolute atomic E-state index is 13.1. The topological polar surface area (TPSA) is 92.8 Å². The molecule has 1 amide bonds. The Balaban J connectivity index is 1.74. The van der Waals surface area contributed by atoms with Gasteiger partial charge in [0.25, 0.3) is 5.91 Å². The number of hydrogen-bond donors (Lipinski definition) is 1. The summed E-state index contributed by atoms with van der Waals surface area (Å²) in [7, 11) is -3.77. The Hall–Kier alpha value is -2.71. The quantitative estimate of drug-likeness (QED) is 0.682. The third-order valence-electron chi connectivity index (χ3n) is 5.01. The summed E-state index contributed by atoms with van der Waals surface area (Å²) in [4.78, 5) is 24.4. The molecule has 0 spiro atoms. The molecule has 1 atom stereocenters. The molecule has 0 fully saturated rings. The molecule has 0 saturated heterocycles. The van der Waals surface area contributed by atoms with E-state index in [1.807, 2.05) is 31.2 Å². The van der Waals surface area contributed by atoms with Gasteiger partial charge < -0.3 is 10.1 Å². The fourth-order valence-corrected chi connectivity index (χ4v) is 4.75. The molecule has 0 bridgehead atoms. The predicted octanol–water partition coefficient (Wildman–Crippen LogP) is 2.51. The molecular formula is C22H26N2O5S. The average molecular weight is 431 g/mol. The summed E-state index contributed by atoms with van der Waals surface area (Å²) in [5.41, 5.74) is 2.22. The van der Waals surface area contributed by atoms with Crippen LogP contribution in [0.2, 0.25) is 0 Å². The highest BCUT2D eigenvalue weighted by Gasteiger charge is 2.29. The van der Waals surface area contributed by atoms with Crippen LogP contribution in [-0.2, 0) is 32.5 Å². The van der Waals surface area contributed by atoms with Gasteiger partial charge in [-0.2, -0.15) is 4.31 Å². The molecule has 160 valence electrons. The number of nitrogens with one attached hydrogen (secondary N) is 1. The van der Waals surface area contributed by atoms with E-state index in [9.17, 15) is 18.0 Å². The minimum Gasteiger partial charge on any atom is -0.449 e. The van der Waals surface area contributed by atoms with Gasteiger partial charge in [-0.05, 0) is 49.1 Å². The summed E-state index contributed by atoms with van der Waals surface area (Å²) >= 11 is 0. The second-order valence-corrected chi connectivity index (χ2v) is 9.16. The number of carbonyl (C=O) groups excluding carboxylic acids is 2. The molecular weight excluding hydrogens is 404 g/mol. The van der Waals surface area contributed by atoms with Crippen molar-refractivity contribution in [2.75, 3.05) is 13.1 Å². The lowest BCUT2D eigenvalue weighted by atomic mass is 10.0. The summed E-state index contributed by atoms with van der Waals surface area (Å²) in [5.74, 6) is -1.13. The Morgan fingerprint density at radius 1 is 1.13 bits per heavy atom. The van der Waals surface area contributed by atoms with Gasteiger partial charge in [0.15, 0.2) is 6.10 Å². The average Bonchev–Trinajstić information content (AvgIpc) is 2.77. The largest absolute Gasteiger partial charge is 0.449 e. The Kier molecular flexibility index (Phi) is 6.89. The number of fused-ring (bicyclic) bond motifs is 1. The highest BCUT2D eigenvalue weighted by atomic mass is 32.2. The van der Waals surface area contributed by atoms with Crippen molar-refractivity contribution in [2.45, 2.75) is 44.2 Å². The van der Waals surface area contributed by atoms with E-state index in [2.05, 4.69) is 5.32 Å². The van der Waals surface area contributed by atoms with E-state index in [-0.39, 0.29) is 16.4 Å². The van der Waals surface area contributed by atoms with Crippen LogP contribution in [0, 0.1) is 0 Å². The van der Waals surface area contributed by atoms with Crippen LogP contribution < -0.4 is 5.32 Å². The van der Waals surface area contributed by atoms with Gasteiger partial charge >= 0.3 is 5.97 Å². The highest BCUT2D eigenvalue weighted by Crippen LogP contribution is 2.25. The highest BCUT2D eigenvalue weighted by molar-refractivity contribution is 7.89. The molecule has 0 radical (unpaired) electrons. The Labute approximate surface area is 177 Å². The van der Waals surface area contributed by atoms with Crippen molar-refractivity contribution in [1.82, 2.24) is 9.62 Å². The molecule has 7 nitrogen and oxygen atoms in total. The second kappa shape index (κ2) is 9.40. The lowest BCUT2D eigenvalue weighted by molar-refractivity contribution is -0.129. The number of nitrogens with zero attached hydrogens (tertiary/aromatic N) is 1. The smallest absolute Gasteiger partial charge is 0.338 e. The number of sulfonamides is 1. The Morgan fingerprint density at radius 3 is 2.60 bits per heavy atom. The zero-order valence-corrected chi connectivity index (χ0v) is 17.9. The number of rotatable bonds is 7. The van der Waals surface area contributed by atoms with Crippen molar-refractivity contribution < 1.29 is 22.7 Å². The van der Waals surface area contributed by atoms with Gasteiger partial charge in [0, 0.05) is 19.6 Å². The lowest BCUT2D eigenvalue weighted by Crippen LogP contribution is -2.36. The molecule has 8 heteroatoms. The summed E-state index contributed by atoms with van der Waals surface area (Å²) in [6, 6.07) is 13.5. The number of hydrogen-bond acceptors (Lipinski definition) is 5. The molecule has 0 aliphatic carbocycles. The van der Waals surface area contributed by atoms with E-state index in [0.717, 1.165) is 17.5 Å². The number of benzene rings is 2. The number of amides is 1. The fourth-order valence-electron chi connectivity index (χ4n) is 3.28. The number of esters is 1. The van der Waals surface area contributed by atoms with Gasteiger partial charge in [0.05, 0.1) is 10.5 Å². The van der Waals surface area contributed by atoms with E-state index in [4.69, 9.17) is 4.74 Å². The van der Waals surface area contributed by atoms with Gasteiger partial charge in [-0.15, -0.1) is 0 Å². The van der Waals surface area contributed by atoms with Crippen LogP contribution in [0.5, 0.6) is 0 Å².